The van der Waals surface area contributed by atoms with E-state index in [2.05, 4.69) is 15.0 Å². The van der Waals surface area contributed by atoms with E-state index in [1.165, 1.54) is 6.20 Å². The SMILES string of the molecule is O=C(O)c1c[nH]c2ncc(OCCC(F)(F)F)nc12. The summed E-state index contributed by atoms with van der Waals surface area (Å²) in [5.41, 5.74) is 0.140. The minimum atomic E-state index is -4.32. The Morgan fingerprint density at radius 2 is 2.21 bits per heavy atom. The Labute approximate surface area is 104 Å². The molecule has 19 heavy (non-hydrogen) atoms. The highest BCUT2D eigenvalue weighted by Gasteiger charge is 2.27. The summed E-state index contributed by atoms with van der Waals surface area (Å²) in [5, 5.41) is 8.87. The number of fused-ring (bicyclic) bond motifs is 1. The summed E-state index contributed by atoms with van der Waals surface area (Å²) in [6, 6.07) is 0. The molecule has 0 amide bonds. The molecule has 102 valence electrons. The molecule has 2 aromatic heterocycles. The maximum absolute atomic E-state index is 11.9. The molecule has 0 unspecified atom stereocenters. The number of alkyl halides is 3. The topological polar surface area (TPSA) is 88.1 Å². The van der Waals surface area contributed by atoms with Crippen molar-refractivity contribution in [2.45, 2.75) is 12.6 Å². The summed E-state index contributed by atoms with van der Waals surface area (Å²) in [6.45, 7) is -0.601. The molecule has 0 saturated heterocycles. The van der Waals surface area contributed by atoms with Gasteiger partial charge in [-0.25, -0.2) is 14.8 Å². The van der Waals surface area contributed by atoms with Gasteiger partial charge < -0.3 is 14.8 Å². The van der Waals surface area contributed by atoms with Gasteiger partial charge in [0.05, 0.1) is 19.2 Å². The van der Waals surface area contributed by atoms with E-state index in [1.807, 2.05) is 0 Å². The summed E-state index contributed by atoms with van der Waals surface area (Å²) >= 11 is 0. The zero-order valence-corrected chi connectivity index (χ0v) is 9.36. The molecule has 0 spiro atoms. The molecule has 2 N–H and O–H groups in total. The van der Waals surface area contributed by atoms with E-state index in [9.17, 15) is 18.0 Å². The summed E-state index contributed by atoms with van der Waals surface area (Å²) < 4.78 is 40.6. The lowest BCUT2D eigenvalue weighted by molar-refractivity contribution is -0.139. The first-order chi connectivity index (χ1) is 8.87. The minimum Gasteiger partial charge on any atom is -0.478 e. The first-order valence-corrected chi connectivity index (χ1v) is 5.14. The van der Waals surface area contributed by atoms with Gasteiger partial charge in [0.15, 0.2) is 5.65 Å². The number of aromatic carboxylic acids is 1. The lowest BCUT2D eigenvalue weighted by Gasteiger charge is -2.07. The van der Waals surface area contributed by atoms with Crippen molar-refractivity contribution < 1.29 is 27.8 Å². The zero-order valence-electron chi connectivity index (χ0n) is 9.36. The number of nitrogens with one attached hydrogen (secondary N) is 1. The molecule has 0 aliphatic carbocycles. The second-order valence-electron chi connectivity index (χ2n) is 3.63. The molecule has 0 bridgehead atoms. The van der Waals surface area contributed by atoms with Crippen LogP contribution in [0.25, 0.3) is 11.2 Å². The number of hydrogen-bond donors (Lipinski definition) is 2. The Morgan fingerprint density at radius 3 is 2.84 bits per heavy atom. The van der Waals surface area contributed by atoms with Crippen LogP contribution < -0.4 is 4.74 Å². The smallest absolute Gasteiger partial charge is 0.392 e. The Morgan fingerprint density at radius 1 is 1.47 bits per heavy atom. The van der Waals surface area contributed by atoms with Gasteiger partial charge in [0.25, 0.3) is 0 Å². The maximum Gasteiger partial charge on any atom is 0.392 e. The van der Waals surface area contributed by atoms with Gasteiger partial charge in [-0.15, -0.1) is 0 Å². The van der Waals surface area contributed by atoms with Crippen molar-refractivity contribution in [3.05, 3.63) is 18.0 Å². The largest absolute Gasteiger partial charge is 0.478 e. The molecule has 0 radical (unpaired) electrons. The molecular formula is C10H8F3N3O3. The predicted octanol–water partition coefficient (Wildman–Crippen LogP) is 1.99. The predicted molar refractivity (Wildman–Crippen MR) is 57.0 cm³/mol. The fourth-order valence-corrected chi connectivity index (χ4v) is 1.38. The molecule has 0 aromatic carbocycles. The summed E-state index contributed by atoms with van der Waals surface area (Å²) in [6.07, 6.45) is -3.11. The summed E-state index contributed by atoms with van der Waals surface area (Å²) in [7, 11) is 0. The number of carboxylic acids is 1. The molecule has 0 atom stereocenters. The number of aromatic nitrogens is 3. The van der Waals surface area contributed by atoms with Gasteiger partial charge in [-0.3, -0.25) is 0 Å². The quantitative estimate of drug-likeness (QED) is 0.890. The van der Waals surface area contributed by atoms with Gasteiger partial charge in [0.1, 0.15) is 11.1 Å². The van der Waals surface area contributed by atoms with Crippen molar-refractivity contribution in [3.63, 3.8) is 0 Å². The first kappa shape index (κ1) is 13.1. The van der Waals surface area contributed by atoms with Gasteiger partial charge in [0, 0.05) is 6.20 Å². The Kier molecular flexibility index (Phi) is 3.28. The van der Waals surface area contributed by atoms with Gasteiger partial charge >= 0.3 is 12.1 Å². The second kappa shape index (κ2) is 4.75. The normalized spacial score (nSPS) is 11.7. The highest BCUT2D eigenvalue weighted by Crippen LogP contribution is 2.21. The number of halogens is 3. The molecule has 2 rings (SSSR count). The number of H-pyrrole nitrogens is 1. The molecule has 2 aromatic rings. The van der Waals surface area contributed by atoms with E-state index in [4.69, 9.17) is 9.84 Å². The maximum atomic E-state index is 11.9. The van der Waals surface area contributed by atoms with Crippen LogP contribution >= 0.6 is 0 Å². The van der Waals surface area contributed by atoms with Crippen LogP contribution in [-0.2, 0) is 0 Å². The molecule has 0 aliphatic heterocycles. The van der Waals surface area contributed by atoms with E-state index in [1.54, 1.807) is 0 Å². The zero-order chi connectivity index (χ0) is 14.0. The number of ether oxygens (including phenoxy) is 1. The number of hydrogen-bond acceptors (Lipinski definition) is 4. The van der Waals surface area contributed by atoms with E-state index in [0.29, 0.717) is 0 Å². The number of carboxylic acid groups (broad SMARTS) is 1. The van der Waals surface area contributed by atoms with E-state index in [0.717, 1.165) is 6.20 Å². The van der Waals surface area contributed by atoms with Crippen molar-refractivity contribution in [3.8, 4) is 5.88 Å². The second-order valence-corrected chi connectivity index (χ2v) is 3.63. The molecule has 9 heteroatoms. The third-order valence-corrected chi connectivity index (χ3v) is 2.22. The van der Waals surface area contributed by atoms with Crippen molar-refractivity contribution in [1.29, 1.82) is 0 Å². The third kappa shape index (κ3) is 3.12. The average molecular weight is 275 g/mol. The van der Waals surface area contributed by atoms with Crippen LogP contribution in [-0.4, -0.2) is 38.8 Å². The summed E-state index contributed by atoms with van der Waals surface area (Å²) in [5.74, 6) is -1.37. The third-order valence-electron chi connectivity index (χ3n) is 2.22. The minimum absolute atomic E-state index is 0.0389. The van der Waals surface area contributed by atoms with Crippen molar-refractivity contribution >= 4 is 17.1 Å². The monoisotopic (exact) mass is 275 g/mol. The number of rotatable bonds is 4. The fraction of sp³-hybridized carbons (Fsp3) is 0.300. The molecular weight excluding hydrogens is 267 g/mol. The van der Waals surface area contributed by atoms with Gasteiger partial charge in [-0.2, -0.15) is 13.2 Å². The van der Waals surface area contributed by atoms with Crippen LogP contribution in [0.15, 0.2) is 12.4 Å². The lowest BCUT2D eigenvalue weighted by Crippen LogP contribution is -2.13. The van der Waals surface area contributed by atoms with Crippen LogP contribution in [0.2, 0.25) is 0 Å². The van der Waals surface area contributed by atoms with Gasteiger partial charge in [-0.1, -0.05) is 0 Å². The van der Waals surface area contributed by atoms with Crippen molar-refractivity contribution in [2.75, 3.05) is 6.61 Å². The van der Waals surface area contributed by atoms with E-state index >= 15 is 0 Å². The first-order valence-electron chi connectivity index (χ1n) is 5.14. The van der Waals surface area contributed by atoms with Crippen LogP contribution in [0.1, 0.15) is 16.8 Å². The van der Waals surface area contributed by atoms with Crippen LogP contribution in [0, 0.1) is 0 Å². The number of aromatic amines is 1. The average Bonchev–Trinajstić information content (AvgIpc) is 2.70. The molecule has 2 heterocycles. The van der Waals surface area contributed by atoms with Crippen LogP contribution in [0.3, 0.4) is 0 Å². The molecule has 6 nitrogen and oxygen atoms in total. The van der Waals surface area contributed by atoms with E-state index in [-0.39, 0.29) is 22.6 Å². The van der Waals surface area contributed by atoms with Crippen molar-refractivity contribution in [2.24, 2.45) is 0 Å². The van der Waals surface area contributed by atoms with Crippen LogP contribution in [0.5, 0.6) is 5.88 Å². The molecule has 0 aliphatic rings. The number of nitrogens with zero attached hydrogens (tertiary/aromatic N) is 2. The highest BCUT2D eigenvalue weighted by molar-refractivity contribution is 6.00. The fourth-order valence-electron chi connectivity index (χ4n) is 1.38. The Bertz CT molecular complexity index is 609. The Balaban J connectivity index is 2.16. The lowest BCUT2D eigenvalue weighted by atomic mass is 10.3. The highest BCUT2D eigenvalue weighted by atomic mass is 19.4. The van der Waals surface area contributed by atoms with Crippen LogP contribution in [0.4, 0.5) is 13.2 Å². The standard InChI is InChI=1S/C10H8F3N3O3/c11-10(12,13)1-2-19-6-4-15-8-7(16-6)5(3-14-8)9(17)18/h3-4H,1-2H2,(H,14,15)(H,17,18). The molecule has 0 fully saturated rings. The van der Waals surface area contributed by atoms with Gasteiger partial charge in [0.2, 0.25) is 5.88 Å². The summed E-state index contributed by atoms with van der Waals surface area (Å²) in [4.78, 5) is 21.1. The van der Waals surface area contributed by atoms with Crippen molar-refractivity contribution in [1.82, 2.24) is 15.0 Å². The number of carbonyl (C=O) groups is 1. The molecule has 0 saturated carbocycles. The van der Waals surface area contributed by atoms with E-state index < -0.39 is 25.2 Å². The Hall–Kier alpha value is -2.32. The van der Waals surface area contributed by atoms with Gasteiger partial charge in [-0.05, 0) is 0 Å².